The first-order chi connectivity index (χ1) is 18.0. The number of hydroxylamine groups is 1. The monoisotopic (exact) mass is 511 g/mol. The first-order valence-corrected chi connectivity index (χ1v) is 12.2. The van der Waals surface area contributed by atoms with Crippen LogP contribution < -0.4 is 25.6 Å². The molecule has 3 aromatic heterocycles. The lowest BCUT2D eigenvalue weighted by molar-refractivity contribution is -0.118. The number of methoxy groups -OCH3 is 1. The van der Waals surface area contributed by atoms with Gasteiger partial charge in [-0.25, -0.2) is 19.8 Å². The molecule has 196 valence electrons. The van der Waals surface area contributed by atoms with Gasteiger partial charge in [0.15, 0.2) is 18.2 Å². The zero-order valence-corrected chi connectivity index (χ0v) is 20.5. The van der Waals surface area contributed by atoms with E-state index < -0.39 is 0 Å². The maximum absolute atomic E-state index is 14.7. The molecule has 3 aromatic rings. The molecule has 11 nitrogen and oxygen atoms in total. The Bertz CT molecular complexity index is 1280. The number of fused-ring (bicyclic) bond motifs is 2. The van der Waals surface area contributed by atoms with Crippen molar-refractivity contribution in [2.75, 3.05) is 51.8 Å². The van der Waals surface area contributed by atoms with Gasteiger partial charge in [-0.1, -0.05) is 0 Å². The third kappa shape index (κ3) is 5.77. The molecule has 0 aromatic carbocycles. The largest absolute Gasteiger partial charge is 0.481 e. The number of rotatable bonds is 10. The molecular formula is C25H30FN7O4. The molecule has 1 amide bonds. The van der Waals surface area contributed by atoms with E-state index in [-0.39, 0.29) is 30.2 Å². The summed E-state index contributed by atoms with van der Waals surface area (Å²) in [6.07, 6.45) is 1.73. The van der Waals surface area contributed by atoms with E-state index in [1.165, 1.54) is 13.3 Å². The van der Waals surface area contributed by atoms with Crippen molar-refractivity contribution in [3.8, 4) is 11.6 Å². The van der Waals surface area contributed by atoms with E-state index in [0.717, 1.165) is 25.3 Å². The van der Waals surface area contributed by atoms with E-state index in [1.807, 2.05) is 6.07 Å². The summed E-state index contributed by atoms with van der Waals surface area (Å²) in [4.78, 5) is 26.9. The molecule has 4 N–H and O–H groups in total. The van der Waals surface area contributed by atoms with Crippen LogP contribution in [0.5, 0.6) is 11.6 Å². The number of ether oxygens (including phenoxy) is 2. The zero-order chi connectivity index (χ0) is 25.8. The van der Waals surface area contributed by atoms with Gasteiger partial charge in [0.2, 0.25) is 5.88 Å². The Labute approximate surface area is 213 Å². The molecule has 5 heterocycles. The fourth-order valence-electron chi connectivity index (χ4n) is 4.99. The van der Waals surface area contributed by atoms with Crippen molar-refractivity contribution in [2.45, 2.75) is 13.0 Å². The Hall–Kier alpha value is -3.45. The van der Waals surface area contributed by atoms with Crippen molar-refractivity contribution in [2.24, 2.45) is 11.8 Å². The Morgan fingerprint density at radius 3 is 2.86 bits per heavy atom. The van der Waals surface area contributed by atoms with Crippen molar-refractivity contribution in [1.82, 2.24) is 30.6 Å². The number of likely N-dealkylation sites (tertiary alicyclic amines) is 1. The van der Waals surface area contributed by atoms with Gasteiger partial charge in [-0.2, -0.15) is 0 Å². The lowest BCUT2D eigenvalue weighted by Gasteiger charge is -2.19. The van der Waals surface area contributed by atoms with Gasteiger partial charge in [-0.15, -0.1) is 0 Å². The first kappa shape index (κ1) is 25.2. The molecule has 0 radical (unpaired) electrons. The van der Waals surface area contributed by atoms with Crippen molar-refractivity contribution in [3.05, 3.63) is 47.5 Å². The summed E-state index contributed by atoms with van der Waals surface area (Å²) in [5, 5.41) is 15.5. The smallest absolute Gasteiger partial charge is 0.263 e. The first-order valence-electron chi connectivity index (χ1n) is 12.2. The van der Waals surface area contributed by atoms with E-state index in [4.69, 9.17) is 9.47 Å². The molecule has 37 heavy (non-hydrogen) atoms. The van der Waals surface area contributed by atoms with E-state index >= 15 is 0 Å². The van der Waals surface area contributed by atoms with Crippen LogP contribution in [0.15, 0.2) is 30.5 Å². The van der Waals surface area contributed by atoms with Gasteiger partial charge < -0.3 is 30.2 Å². The van der Waals surface area contributed by atoms with Crippen LogP contribution in [0.25, 0.3) is 11.0 Å². The van der Waals surface area contributed by atoms with E-state index in [1.54, 1.807) is 18.2 Å². The summed E-state index contributed by atoms with van der Waals surface area (Å²) in [5.74, 6) is 1.33. The number of aromatic nitrogens is 3. The average Bonchev–Trinajstić information content (AvgIpc) is 3.29. The number of pyridine rings is 3. The number of amides is 1. The highest BCUT2D eigenvalue weighted by molar-refractivity contribution is 5.94. The molecule has 0 saturated carbocycles. The van der Waals surface area contributed by atoms with E-state index in [9.17, 15) is 14.4 Å². The van der Waals surface area contributed by atoms with Gasteiger partial charge in [-0.3, -0.25) is 9.78 Å². The van der Waals surface area contributed by atoms with Crippen molar-refractivity contribution in [1.29, 1.82) is 0 Å². The van der Waals surface area contributed by atoms with E-state index in [2.05, 4.69) is 36.0 Å². The lowest BCUT2D eigenvalue weighted by Crippen LogP contribution is -2.32. The summed E-state index contributed by atoms with van der Waals surface area (Å²) in [7, 11) is 1.53. The number of carbonyl (C=O) groups is 1. The highest BCUT2D eigenvalue weighted by Crippen LogP contribution is 2.27. The Morgan fingerprint density at radius 2 is 2.05 bits per heavy atom. The van der Waals surface area contributed by atoms with E-state index in [0.29, 0.717) is 60.1 Å². The summed E-state index contributed by atoms with van der Waals surface area (Å²) >= 11 is 0. The number of hydrogen-bond acceptors (Lipinski definition) is 10. The summed E-state index contributed by atoms with van der Waals surface area (Å²) in [6, 6.07) is 7.17. The number of nitrogens with one attached hydrogen (secondary N) is 3. The van der Waals surface area contributed by atoms with Crippen LogP contribution >= 0.6 is 0 Å². The van der Waals surface area contributed by atoms with Gasteiger partial charge in [0.25, 0.3) is 5.91 Å². The fourth-order valence-corrected chi connectivity index (χ4v) is 4.99. The summed E-state index contributed by atoms with van der Waals surface area (Å²) in [6.45, 7) is 3.95. The molecule has 5 rings (SSSR count). The molecule has 2 aliphatic rings. The minimum absolute atomic E-state index is 0.000527. The predicted octanol–water partition coefficient (Wildman–Crippen LogP) is 1.36. The summed E-state index contributed by atoms with van der Waals surface area (Å²) in [5.41, 5.74) is 4.78. The fraction of sp³-hybridized carbons (Fsp3) is 0.440. The second-order valence-corrected chi connectivity index (χ2v) is 9.32. The normalized spacial score (nSPS) is 19.5. The third-order valence-electron chi connectivity index (χ3n) is 6.88. The molecule has 1 fully saturated rings. The average molecular weight is 512 g/mol. The standard InChI is InChI=1S/C25H30FN7O4/c1-36-23-5-3-20-24(32-23)18(19(26)11-28-20)6-7-33-12-15(16(13-33)9-29-35)8-27-10-17-2-4-21-25(30-17)31-22(34)14-37-21/h2-5,11,15-16,27,29,35H,6-10,12-14H2,1H3,(H,30,31,34)/t15-,16?/m1/s1. The van der Waals surface area contributed by atoms with Crippen molar-refractivity contribution < 1.29 is 23.9 Å². The van der Waals surface area contributed by atoms with Crippen LogP contribution in [0, 0.1) is 17.7 Å². The summed E-state index contributed by atoms with van der Waals surface area (Å²) < 4.78 is 25.3. The van der Waals surface area contributed by atoms with Crippen LogP contribution in [0.1, 0.15) is 11.3 Å². The number of hydrogen-bond donors (Lipinski definition) is 4. The molecule has 0 aliphatic carbocycles. The molecule has 2 atom stereocenters. The number of halogens is 1. The SMILES string of the molecule is COc1ccc2ncc(F)c(CCN3CC(CNO)[C@H](CNCc4ccc5c(n4)NC(=O)CO5)C3)c2n1. The number of carbonyl (C=O) groups excluding carboxylic acids is 1. The quantitative estimate of drug-likeness (QED) is 0.296. The van der Waals surface area contributed by atoms with Gasteiger partial charge in [-0.05, 0) is 43.0 Å². The second-order valence-electron chi connectivity index (χ2n) is 9.32. The minimum Gasteiger partial charge on any atom is -0.481 e. The number of anilines is 1. The third-order valence-corrected chi connectivity index (χ3v) is 6.88. The topological polar surface area (TPSA) is 134 Å². The molecule has 1 unspecified atom stereocenters. The maximum Gasteiger partial charge on any atom is 0.263 e. The molecule has 1 saturated heterocycles. The molecule has 2 aliphatic heterocycles. The maximum atomic E-state index is 14.7. The Kier molecular flexibility index (Phi) is 7.70. The van der Waals surface area contributed by atoms with Crippen LogP contribution in [-0.4, -0.2) is 77.4 Å². The highest BCUT2D eigenvalue weighted by atomic mass is 19.1. The molecular weight excluding hydrogens is 481 g/mol. The Morgan fingerprint density at radius 1 is 1.22 bits per heavy atom. The minimum atomic E-state index is -0.376. The van der Waals surface area contributed by atoms with Gasteiger partial charge in [0, 0.05) is 44.4 Å². The Balaban J connectivity index is 1.19. The second kappa shape index (κ2) is 11.3. The lowest BCUT2D eigenvalue weighted by atomic mass is 9.96. The van der Waals surface area contributed by atoms with Crippen LogP contribution in [-0.2, 0) is 17.8 Å². The van der Waals surface area contributed by atoms with Crippen LogP contribution in [0.3, 0.4) is 0 Å². The number of nitrogens with zero attached hydrogens (tertiary/aromatic N) is 4. The van der Waals surface area contributed by atoms with Crippen molar-refractivity contribution in [3.63, 3.8) is 0 Å². The predicted molar refractivity (Wildman–Crippen MR) is 133 cm³/mol. The molecule has 0 spiro atoms. The molecule has 12 heteroatoms. The van der Waals surface area contributed by atoms with Gasteiger partial charge in [0.1, 0.15) is 5.82 Å². The zero-order valence-electron chi connectivity index (χ0n) is 20.5. The van der Waals surface area contributed by atoms with Gasteiger partial charge in [0.05, 0.1) is 30.0 Å². The van der Waals surface area contributed by atoms with Gasteiger partial charge >= 0.3 is 0 Å². The van der Waals surface area contributed by atoms with Crippen molar-refractivity contribution >= 4 is 22.8 Å². The van der Waals surface area contributed by atoms with Crippen LogP contribution in [0.2, 0.25) is 0 Å². The highest BCUT2D eigenvalue weighted by Gasteiger charge is 2.32. The molecule has 0 bridgehead atoms. The van der Waals surface area contributed by atoms with Crippen LogP contribution in [0.4, 0.5) is 10.2 Å².